The minimum atomic E-state index is -1.85. The summed E-state index contributed by atoms with van der Waals surface area (Å²) < 4.78 is 22.9. The van der Waals surface area contributed by atoms with Crippen molar-refractivity contribution in [3.05, 3.63) is 106 Å². The van der Waals surface area contributed by atoms with Gasteiger partial charge >= 0.3 is 17.9 Å². The lowest BCUT2D eigenvalue weighted by Gasteiger charge is -2.33. The van der Waals surface area contributed by atoms with Crippen LogP contribution in [0.15, 0.2) is 72.8 Å². The SMILES string of the molecule is Cc1ccc(C(=O)OC[C@H]2O[C@@H](C(=O)Cl)[C@](C)(OC(=O)c3ccc(C)cc3)[C@@H]2OC(=O)c2ccc(C)cc2)cc1. The largest absolute Gasteiger partial charge is 0.459 e. The number of esters is 3. The highest BCUT2D eigenvalue weighted by atomic mass is 35.5. The van der Waals surface area contributed by atoms with Crippen molar-refractivity contribution < 1.29 is 38.1 Å². The van der Waals surface area contributed by atoms with Gasteiger partial charge in [0, 0.05) is 0 Å². The Kier molecular flexibility index (Phi) is 8.71. The molecule has 3 aromatic rings. The lowest BCUT2D eigenvalue weighted by molar-refractivity contribution is -0.133. The summed E-state index contributed by atoms with van der Waals surface area (Å²) in [6.45, 7) is 6.62. The van der Waals surface area contributed by atoms with E-state index in [0.29, 0.717) is 5.56 Å². The Bertz CT molecular complexity index is 1400. The number of rotatable bonds is 8. The van der Waals surface area contributed by atoms with E-state index in [1.807, 2.05) is 20.8 Å². The molecule has 1 saturated heterocycles. The van der Waals surface area contributed by atoms with E-state index in [-0.39, 0.29) is 11.1 Å². The summed E-state index contributed by atoms with van der Waals surface area (Å²) in [6.07, 6.45) is -4.04. The summed E-state index contributed by atoms with van der Waals surface area (Å²) in [5.74, 6) is -2.17. The molecule has 40 heavy (non-hydrogen) atoms. The predicted octanol–water partition coefficient (Wildman–Crippen LogP) is 5.14. The number of benzene rings is 3. The summed E-state index contributed by atoms with van der Waals surface area (Å²) >= 11 is 5.89. The van der Waals surface area contributed by atoms with Crippen LogP contribution < -0.4 is 0 Å². The summed E-state index contributed by atoms with van der Waals surface area (Å²) in [4.78, 5) is 51.5. The normalized spacial score (nSPS) is 21.9. The molecule has 0 saturated carbocycles. The molecule has 0 unspecified atom stereocenters. The van der Waals surface area contributed by atoms with Gasteiger partial charge in [0.1, 0.15) is 12.7 Å². The molecule has 3 aromatic carbocycles. The molecule has 1 heterocycles. The van der Waals surface area contributed by atoms with Crippen LogP contribution in [-0.4, -0.2) is 53.7 Å². The van der Waals surface area contributed by atoms with Crippen LogP contribution in [-0.2, 0) is 23.7 Å². The Balaban J connectivity index is 1.64. The van der Waals surface area contributed by atoms with Gasteiger partial charge in [0.05, 0.1) is 16.7 Å². The molecule has 0 amide bonds. The summed E-state index contributed by atoms with van der Waals surface area (Å²) in [5, 5.41) is -0.969. The van der Waals surface area contributed by atoms with Crippen molar-refractivity contribution in [2.45, 2.75) is 51.6 Å². The Morgan fingerprint density at radius 3 is 1.60 bits per heavy atom. The average Bonchev–Trinajstić information content (AvgIpc) is 3.19. The first-order valence-corrected chi connectivity index (χ1v) is 13.0. The number of hydrogen-bond acceptors (Lipinski definition) is 8. The van der Waals surface area contributed by atoms with Gasteiger partial charge in [-0.1, -0.05) is 53.1 Å². The van der Waals surface area contributed by atoms with Gasteiger partial charge in [0.25, 0.3) is 5.24 Å². The van der Waals surface area contributed by atoms with E-state index in [1.165, 1.54) is 6.92 Å². The van der Waals surface area contributed by atoms with Gasteiger partial charge in [-0.25, -0.2) is 14.4 Å². The van der Waals surface area contributed by atoms with Gasteiger partial charge in [-0.3, -0.25) is 4.79 Å². The molecule has 0 aromatic heterocycles. The first-order chi connectivity index (χ1) is 19.0. The van der Waals surface area contributed by atoms with Crippen LogP contribution in [0.25, 0.3) is 0 Å². The van der Waals surface area contributed by atoms with E-state index >= 15 is 0 Å². The quantitative estimate of drug-likeness (QED) is 0.210. The molecule has 0 radical (unpaired) electrons. The molecule has 9 heteroatoms. The first-order valence-electron chi connectivity index (χ1n) is 12.6. The van der Waals surface area contributed by atoms with E-state index < -0.39 is 53.7 Å². The van der Waals surface area contributed by atoms with Crippen LogP contribution >= 0.6 is 11.6 Å². The molecule has 1 aliphatic heterocycles. The van der Waals surface area contributed by atoms with E-state index in [9.17, 15) is 19.2 Å². The Morgan fingerprint density at radius 1 is 0.725 bits per heavy atom. The van der Waals surface area contributed by atoms with Crippen molar-refractivity contribution in [1.29, 1.82) is 0 Å². The van der Waals surface area contributed by atoms with E-state index in [4.69, 9.17) is 30.5 Å². The van der Waals surface area contributed by atoms with Gasteiger partial charge in [-0.2, -0.15) is 0 Å². The van der Waals surface area contributed by atoms with E-state index in [0.717, 1.165) is 16.7 Å². The number of carbonyl (C=O) groups is 4. The van der Waals surface area contributed by atoms with Crippen molar-refractivity contribution >= 4 is 34.8 Å². The number of hydrogen-bond donors (Lipinski definition) is 0. The first kappa shape index (κ1) is 29.0. The van der Waals surface area contributed by atoms with Crippen LogP contribution in [0.5, 0.6) is 0 Å². The van der Waals surface area contributed by atoms with Gasteiger partial charge < -0.3 is 18.9 Å². The fourth-order valence-electron chi connectivity index (χ4n) is 4.36. The molecular weight excluding hydrogens is 536 g/mol. The number of ether oxygens (including phenoxy) is 4. The molecule has 208 valence electrons. The highest BCUT2D eigenvalue weighted by molar-refractivity contribution is 6.64. The van der Waals surface area contributed by atoms with Gasteiger partial charge in [0.2, 0.25) is 0 Å². The van der Waals surface area contributed by atoms with Crippen molar-refractivity contribution in [3.8, 4) is 0 Å². The zero-order valence-electron chi connectivity index (χ0n) is 22.5. The van der Waals surface area contributed by atoms with Crippen LogP contribution in [0.1, 0.15) is 54.7 Å². The number of aryl methyl sites for hydroxylation is 3. The van der Waals surface area contributed by atoms with Gasteiger partial charge in [-0.15, -0.1) is 0 Å². The van der Waals surface area contributed by atoms with Crippen LogP contribution in [0.2, 0.25) is 0 Å². The van der Waals surface area contributed by atoms with Crippen molar-refractivity contribution in [3.63, 3.8) is 0 Å². The minimum Gasteiger partial charge on any atom is -0.459 e. The lowest BCUT2D eigenvalue weighted by atomic mass is 9.92. The molecule has 0 N–H and O–H groups in total. The van der Waals surface area contributed by atoms with Crippen LogP contribution in [0.4, 0.5) is 0 Å². The van der Waals surface area contributed by atoms with Gasteiger partial charge in [-0.05, 0) is 75.7 Å². The molecule has 8 nitrogen and oxygen atoms in total. The average molecular weight is 565 g/mol. The third kappa shape index (κ3) is 6.41. The molecule has 4 atom stereocenters. The molecule has 1 aliphatic rings. The molecule has 0 bridgehead atoms. The third-order valence-electron chi connectivity index (χ3n) is 6.73. The monoisotopic (exact) mass is 564 g/mol. The molecule has 4 rings (SSSR count). The second kappa shape index (κ2) is 12.0. The number of carbonyl (C=O) groups excluding carboxylic acids is 4. The molecule has 0 spiro atoms. The second-order valence-corrected chi connectivity index (χ2v) is 10.3. The Morgan fingerprint density at radius 2 is 1.15 bits per heavy atom. The van der Waals surface area contributed by atoms with Crippen molar-refractivity contribution in [1.82, 2.24) is 0 Å². The van der Waals surface area contributed by atoms with Crippen molar-refractivity contribution in [2.24, 2.45) is 0 Å². The van der Waals surface area contributed by atoms with Gasteiger partial charge in [0.15, 0.2) is 17.8 Å². The highest BCUT2D eigenvalue weighted by Crippen LogP contribution is 2.39. The van der Waals surface area contributed by atoms with Crippen LogP contribution in [0, 0.1) is 20.8 Å². The Labute approximate surface area is 237 Å². The van der Waals surface area contributed by atoms with Crippen molar-refractivity contribution in [2.75, 3.05) is 6.61 Å². The molecule has 0 aliphatic carbocycles. The third-order valence-corrected chi connectivity index (χ3v) is 6.93. The standard InChI is InChI=1S/C31H29ClO8/c1-18-5-11-21(12-6-18)28(34)37-17-24-25(39-29(35)22-13-7-19(2)8-14-22)31(4,26(38-24)27(32)33)40-30(36)23-15-9-20(3)10-16-23/h5-16,24-26H,17H2,1-4H3/t24-,25-,26+,31-/m1/s1. The maximum atomic E-state index is 13.2. The zero-order chi connectivity index (χ0) is 29.0. The van der Waals surface area contributed by atoms with Crippen LogP contribution in [0.3, 0.4) is 0 Å². The molecule has 1 fully saturated rings. The topological polar surface area (TPSA) is 105 Å². The fourth-order valence-corrected chi connectivity index (χ4v) is 4.63. The zero-order valence-corrected chi connectivity index (χ0v) is 23.3. The smallest absolute Gasteiger partial charge is 0.338 e. The summed E-state index contributed by atoms with van der Waals surface area (Å²) in [5.41, 5.74) is 1.73. The van der Waals surface area contributed by atoms with E-state index in [1.54, 1.807) is 72.8 Å². The maximum Gasteiger partial charge on any atom is 0.338 e. The predicted molar refractivity (Wildman–Crippen MR) is 146 cm³/mol. The highest BCUT2D eigenvalue weighted by Gasteiger charge is 2.61. The summed E-state index contributed by atoms with van der Waals surface area (Å²) in [6, 6.07) is 20.0. The second-order valence-electron chi connectivity index (χ2n) is 9.95. The number of halogens is 1. The molecular formula is C31H29ClO8. The van der Waals surface area contributed by atoms with E-state index in [2.05, 4.69) is 0 Å². The summed E-state index contributed by atoms with van der Waals surface area (Å²) in [7, 11) is 0. The minimum absolute atomic E-state index is 0.213. The Hall–Kier alpha value is -4.01. The lowest BCUT2D eigenvalue weighted by Crippen LogP contribution is -2.53. The fraction of sp³-hybridized carbons (Fsp3) is 0.290. The maximum absolute atomic E-state index is 13.2.